The molecule has 1 amide bonds. The van der Waals surface area contributed by atoms with Crippen LogP contribution in [0.1, 0.15) is 34.6 Å². The molecule has 2 heterocycles. The molecule has 0 spiro atoms. The van der Waals surface area contributed by atoms with Crippen LogP contribution in [0.2, 0.25) is 0 Å². The highest BCUT2D eigenvalue weighted by Gasteiger charge is 2.24. The summed E-state index contributed by atoms with van der Waals surface area (Å²) in [7, 11) is 3.44. The van der Waals surface area contributed by atoms with E-state index in [1.54, 1.807) is 26.0 Å². The van der Waals surface area contributed by atoms with Crippen molar-refractivity contribution in [3.8, 4) is 5.75 Å². The van der Waals surface area contributed by atoms with E-state index in [0.717, 1.165) is 44.6 Å². The lowest BCUT2D eigenvalue weighted by Gasteiger charge is -2.34. The number of rotatable bonds is 7. The van der Waals surface area contributed by atoms with Crippen LogP contribution in [-0.2, 0) is 6.42 Å². The molecule has 156 valence electrons. The third-order valence-corrected chi connectivity index (χ3v) is 5.51. The molecule has 0 saturated carbocycles. The molecule has 1 atom stereocenters. The molecule has 2 aromatic rings. The van der Waals surface area contributed by atoms with E-state index in [1.165, 1.54) is 11.8 Å². The zero-order valence-electron chi connectivity index (χ0n) is 17.5. The Morgan fingerprint density at radius 2 is 2.10 bits per heavy atom. The lowest BCUT2D eigenvalue weighted by Crippen LogP contribution is -2.43. The number of carbonyl (C=O) groups excluding carboxylic acids is 1. The minimum Gasteiger partial charge on any atom is -0.497 e. The molecule has 7 nitrogen and oxygen atoms in total. The predicted octanol–water partition coefficient (Wildman–Crippen LogP) is 2.11. The summed E-state index contributed by atoms with van der Waals surface area (Å²) >= 11 is 0. The number of aryl methyl sites for hydroxylation is 1. The number of hydrogen-bond acceptors (Lipinski definition) is 5. The van der Waals surface area contributed by atoms with Gasteiger partial charge in [0.05, 0.1) is 7.11 Å². The van der Waals surface area contributed by atoms with Crippen molar-refractivity contribution < 1.29 is 9.53 Å². The third kappa shape index (κ3) is 5.67. The van der Waals surface area contributed by atoms with E-state index in [2.05, 4.69) is 27.0 Å². The number of hydrogen-bond donors (Lipinski definition) is 1. The first-order valence-corrected chi connectivity index (χ1v) is 10.1. The Kier molecular flexibility index (Phi) is 7.04. The van der Waals surface area contributed by atoms with Gasteiger partial charge in [-0.05, 0) is 56.3 Å². The average molecular weight is 399 g/mol. The zero-order chi connectivity index (χ0) is 20.8. The molecule has 1 aromatic carbocycles. The van der Waals surface area contributed by atoms with Crippen LogP contribution in [0.5, 0.6) is 5.75 Å². The van der Waals surface area contributed by atoms with Crippen molar-refractivity contribution in [3.63, 3.8) is 0 Å². The smallest absolute Gasteiger partial charge is 0.263 e. The molecule has 1 aliphatic rings. The van der Waals surface area contributed by atoms with Crippen LogP contribution in [0, 0.1) is 12.8 Å². The Balaban J connectivity index is 1.51. The Bertz CT molecular complexity index is 878. The molecule has 0 aliphatic carbocycles. The molecular formula is C22H30N4O3. The second kappa shape index (κ2) is 9.69. The van der Waals surface area contributed by atoms with Crippen LogP contribution in [0.25, 0.3) is 0 Å². The normalized spacial score (nSPS) is 17.1. The van der Waals surface area contributed by atoms with Crippen LogP contribution in [0.3, 0.4) is 0 Å². The molecule has 0 bridgehead atoms. The number of likely N-dealkylation sites (tertiary alicyclic amines) is 1. The van der Waals surface area contributed by atoms with E-state index in [1.807, 2.05) is 12.1 Å². The Morgan fingerprint density at radius 1 is 1.34 bits per heavy atom. The molecular weight excluding hydrogens is 368 g/mol. The van der Waals surface area contributed by atoms with Crippen molar-refractivity contribution in [1.82, 2.24) is 19.8 Å². The Morgan fingerprint density at radius 3 is 2.79 bits per heavy atom. The van der Waals surface area contributed by atoms with Crippen molar-refractivity contribution in [2.75, 3.05) is 40.3 Å². The summed E-state index contributed by atoms with van der Waals surface area (Å²) in [5.41, 5.74) is 1.02. The number of carbonyl (C=O) groups is 1. The highest BCUT2D eigenvalue weighted by molar-refractivity contribution is 5.93. The molecule has 3 rings (SSSR count). The summed E-state index contributed by atoms with van der Waals surface area (Å²) in [6, 6.07) is 8.22. The number of amides is 1. The maximum atomic E-state index is 12.6. The monoisotopic (exact) mass is 398 g/mol. The molecule has 7 heteroatoms. The molecule has 0 radical (unpaired) electrons. The van der Waals surface area contributed by atoms with Gasteiger partial charge in [-0.1, -0.05) is 12.1 Å². The standard InChI is InChI=1S/C22H30N4O3/c1-16-23-13-20(21(27)24-16)22(28)25(2)14-18-5-4-11-26(15-18)12-10-17-6-8-19(29-3)9-7-17/h6-9,13,18H,4-5,10-12,14-15H2,1-3H3,(H,23,24,27)/t18-/m1/s1. The highest BCUT2D eigenvalue weighted by Crippen LogP contribution is 2.19. The number of piperidine rings is 1. The second-order valence-electron chi connectivity index (χ2n) is 7.80. The average Bonchev–Trinajstić information content (AvgIpc) is 2.72. The van der Waals surface area contributed by atoms with E-state index in [0.29, 0.717) is 18.3 Å². The Labute approximate surface area is 171 Å². The summed E-state index contributed by atoms with van der Waals surface area (Å²) in [6.07, 6.45) is 4.59. The fourth-order valence-electron chi connectivity index (χ4n) is 3.89. The molecule has 29 heavy (non-hydrogen) atoms. The molecule has 0 unspecified atom stereocenters. The van der Waals surface area contributed by atoms with Gasteiger partial charge in [0.2, 0.25) is 0 Å². The fraction of sp³-hybridized carbons (Fsp3) is 0.500. The van der Waals surface area contributed by atoms with Gasteiger partial charge in [-0.25, -0.2) is 4.98 Å². The van der Waals surface area contributed by atoms with Gasteiger partial charge in [0.25, 0.3) is 11.5 Å². The first kappa shape index (κ1) is 21.0. The number of methoxy groups -OCH3 is 1. The quantitative estimate of drug-likeness (QED) is 0.773. The largest absolute Gasteiger partial charge is 0.497 e. The van der Waals surface area contributed by atoms with Crippen LogP contribution in [-0.4, -0.2) is 66.0 Å². The van der Waals surface area contributed by atoms with Gasteiger partial charge in [-0.2, -0.15) is 0 Å². The SMILES string of the molecule is COc1ccc(CCN2CCC[C@H](CN(C)C(=O)c3cnc(C)[nH]c3=O)C2)cc1. The van der Waals surface area contributed by atoms with Gasteiger partial charge in [0.1, 0.15) is 17.1 Å². The van der Waals surface area contributed by atoms with E-state index < -0.39 is 0 Å². The van der Waals surface area contributed by atoms with Crippen molar-refractivity contribution in [1.29, 1.82) is 0 Å². The van der Waals surface area contributed by atoms with E-state index in [9.17, 15) is 9.59 Å². The number of benzene rings is 1. The maximum Gasteiger partial charge on any atom is 0.263 e. The summed E-state index contributed by atoms with van der Waals surface area (Å²) in [5, 5.41) is 0. The lowest BCUT2D eigenvalue weighted by molar-refractivity contribution is 0.0728. The number of aromatic nitrogens is 2. The summed E-state index contributed by atoms with van der Waals surface area (Å²) < 4.78 is 5.21. The summed E-state index contributed by atoms with van der Waals surface area (Å²) in [4.78, 5) is 35.4. The number of aromatic amines is 1. The molecule has 1 fully saturated rings. The van der Waals surface area contributed by atoms with Crippen molar-refractivity contribution in [2.24, 2.45) is 5.92 Å². The van der Waals surface area contributed by atoms with E-state index in [4.69, 9.17) is 4.74 Å². The first-order valence-electron chi connectivity index (χ1n) is 10.1. The number of ether oxygens (including phenoxy) is 1. The topological polar surface area (TPSA) is 78.5 Å². The minimum absolute atomic E-state index is 0.102. The van der Waals surface area contributed by atoms with Gasteiger partial charge in [-0.15, -0.1) is 0 Å². The summed E-state index contributed by atoms with van der Waals surface area (Å²) in [5.74, 6) is 1.52. The third-order valence-electron chi connectivity index (χ3n) is 5.51. The van der Waals surface area contributed by atoms with Gasteiger partial charge in [0.15, 0.2) is 0 Å². The number of nitrogens with one attached hydrogen (secondary N) is 1. The number of H-pyrrole nitrogens is 1. The van der Waals surface area contributed by atoms with Crippen molar-refractivity contribution in [3.05, 3.63) is 57.8 Å². The van der Waals surface area contributed by atoms with Crippen molar-refractivity contribution >= 4 is 5.91 Å². The fourth-order valence-corrected chi connectivity index (χ4v) is 3.89. The van der Waals surface area contributed by atoms with Crippen LogP contribution in [0.4, 0.5) is 0 Å². The maximum absolute atomic E-state index is 12.6. The molecule has 1 saturated heterocycles. The van der Waals surface area contributed by atoms with Gasteiger partial charge < -0.3 is 19.5 Å². The lowest BCUT2D eigenvalue weighted by atomic mass is 9.97. The van der Waals surface area contributed by atoms with E-state index >= 15 is 0 Å². The van der Waals surface area contributed by atoms with Crippen LogP contribution in [0.15, 0.2) is 35.3 Å². The summed E-state index contributed by atoms with van der Waals surface area (Å²) in [6.45, 7) is 5.40. The molecule has 1 aromatic heterocycles. The Hall–Kier alpha value is -2.67. The second-order valence-corrected chi connectivity index (χ2v) is 7.80. The van der Waals surface area contributed by atoms with Gasteiger partial charge in [0, 0.05) is 32.9 Å². The van der Waals surface area contributed by atoms with Gasteiger partial charge >= 0.3 is 0 Å². The first-order chi connectivity index (χ1) is 14.0. The van der Waals surface area contributed by atoms with Crippen LogP contribution >= 0.6 is 0 Å². The molecule has 1 N–H and O–H groups in total. The zero-order valence-corrected chi connectivity index (χ0v) is 17.5. The highest BCUT2D eigenvalue weighted by atomic mass is 16.5. The van der Waals surface area contributed by atoms with Crippen molar-refractivity contribution in [2.45, 2.75) is 26.2 Å². The van der Waals surface area contributed by atoms with Gasteiger partial charge in [-0.3, -0.25) is 9.59 Å². The predicted molar refractivity (Wildman–Crippen MR) is 112 cm³/mol. The minimum atomic E-state index is -0.376. The molecule has 1 aliphatic heterocycles. The van der Waals surface area contributed by atoms with E-state index in [-0.39, 0.29) is 17.0 Å². The van der Waals surface area contributed by atoms with Crippen LogP contribution < -0.4 is 10.3 Å². The number of nitrogens with zero attached hydrogens (tertiary/aromatic N) is 3.